The van der Waals surface area contributed by atoms with Crippen molar-refractivity contribution in [2.24, 2.45) is 4.99 Å². The van der Waals surface area contributed by atoms with E-state index in [1.54, 1.807) is 12.1 Å². The summed E-state index contributed by atoms with van der Waals surface area (Å²) in [6.07, 6.45) is 1.47. The fourth-order valence-electron chi connectivity index (χ4n) is 0.620. The third-order valence-corrected chi connectivity index (χ3v) is 1.49. The van der Waals surface area contributed by atoms with Crippen LogP contribution in [0.2, 0.25) is 0 Å². The third kappa shape index (κ3) is 1.40. The number of isocyanates is 1. The molecule has 0 spiro atoms. The average molecular weight is 146 g/mol. The van der Waals surface area contributed by atoms with Gasteiger partial charge in [0.15, 0.2) is 0 Å². The van der Waals surface area contributed by atoms with Crippen molar-refractivity contribution in [3.63, 3.8) is 0 Å². The predicted molar refractivity (Wildman–Crippen MR) is 39.6 cm³/mol. The summed E-state index contributed by atoms with van der Waals surface area (Å²) in [6, 6.07) is 7.20. The van der Waals surface area contributed by atoms with Gasteiger partial charge in [0.25, 0.3) is 0 Å². The van der Waals surface area contributed by atoms with Crippen LogP contribution in [0.3, 0.4) is 0 Å². The van der Waals surface area contributed by atoms with Gasteiger partial charge in [-0.3, -0.25) is 0 Å². The molecule has 0 aromatic heterocycles. The summed E-state index contributed by atoms with van der Waals surface area (Å²) in [6.45, 7) is 0. The average Bonchev–Trinajstić information content (AvgIpc) is 1.94. The molecule has 0 aliphatic carbocycles. The zero-order chi connectivity index (χ0) is 7.40. The largest absolute Gasteiger partial charge is 0.240 e. The Kier molecular flexibility index (Phi) is 2.15. The quantitative estimate of drug-likeness (QED) is 0.321. The second-order valence-corrected chi connectivity index (χ2v) is 2.26. The van der Waals surface area contributed by atoms with Crippen LogP contribution in [0.5, 0.6) is 0 Å². The van der Waals surface area contributed by atoms with Crippen molar-refractivity contribution in [3.05, 3.63) is 24.3 Å². The summed E-state index contributed by atoms with van der Waals surface area (Å²) in [5.41, 5.74) is 0.606. The maximum absolute atomic E-state index is 9.81. The van der Waals surface area contributed by atoms with Crippen molar-refractivity contribution in [1.29, 1.82) is 0 Å². The molecule has 3 radical (unpaired) electrons. The molecule has 1 aromatic rings. The minimum absolute atomic E-state index is 0.606. The standard InChI is InChI=1S/C7H4NOSi/c9-5-8-6-3-1-2-4-7(6)10/h1-4H. The summed E-state index contributed by atoms with van der Waals surface area (Å²) in [5.74, 6) is 0. The van der Waals surface area contributed by atoms with Gasteiger partial charge in [0, 0.05) is 0 Å². The van der Waals surface area contributed by atoms with Crippen LogP contribution in [-0.4, -0.2) is 16.3 Å². The highest BCUT2D eigenvalue weighted by atomic mass is 28.1. The van der Waals surface area contributed by atoms with E-state index in [9.17, 15) is 4.79 Å². The first-order valence-corrected chi connectivity index (χ1v) is 3.23. The van der Waals surface area contributed by atoms with E-state index in [4.69, 9.17) is 0 Å². The van der Waals surface area contributed by atoms with Crippen LogP contribution in [0, 0.1) is 0 Å². The van der Waals surface area contributed by atoms with Crippen molar-refractivity contribution in [2.75, 3.05) is 0 Å². The lowest BCUT2D eigenvalue weighted by Crippen LogP contribution is -2.00. The zero-order valence-corrected chi connectivity index (χ0v) is 6.16. The molecule has 0 amide bonds. The van der Waals surface area contributed by atoms with E-state index in [2.05, 4.69) is 15.2 Å². The van der Waals surface area contributed by atoms with Crippen molar-refractivity contribution in [2.45, 2.75) is 0 Å². The van der Waals surface area contributed by atoms with Gasteiger partial charge in [-0.05, 0) is 11.3 Å². The maximum atomic E-state index is 9.81. The van der Waals surface area contributed by atoms with Gasteiger partial charge in [-0.15, -0.1) is 0 Å². The highest BCUT2D eigenvalue weighted by molar-refractivity contribution is 6.35. The molecule has 0 fully saturated rings. The Hall–Kier alpha value is -1.18. The summed E-state index contributed by atoms with van der Waals surface area (Å²) in [5, 5.41) is 0.797. The van der Waals surface area contributed by atoms with Gasteiger partial charge in [0.05, 0.1) is 15.9 Å². The number of benzene rings is 1. The molecule has 1 rings (SSSR count). The highest BCUT2D eigenvalue weighted by Crippen LogP contribution is 2.03. The van der Waals surface area contributed by atoms with E-state index >= 15 is 0 Å². The first-order valence-electron chi connectivity index (χ1n) is 2.73. The van der Waals surface area contributed by atoms with E-state index in [-0.39, 0.29) is 0 Å². The Morgan fingerprint density at radius 2 is 2.10 bits per heavy atom. The first-order chi connectivity index (χ1) is 4.84. The second kappa shape index (κ2) is 3.10. The van der Waals surface area contributed by atoms with Crippen LogP contribution in [0.15, 0.2) is 29.3 Å². The summed E-state index contributed by atoms with van der Waals surface area (Å²) >= 11 is 0. The number of nitrogens with zero attached hydrogens (tertiary/aromatic N) is 1. The van der Waals surface area contributed by atoms with Crippen molar-refractivity contribution in [3.8, 4) is 0 Å². The molecular formula is C7H4NOSi. The molecule has 0 aliphatic heterocycles. The SMILES string of the molecule is O=C=Nc1ccccc1[Si]. The van der Waals surface area contributed by atoms with Crippen LogP contribution in [0.25, 0.3) is 0 Å². The van der Waals surface area contributed by atoms with Crippen LogP contribution < -0.4 is 5.19 Å². The highest BCUT2D eigenvalue weighted by Gasteiger charge is 1.90. The van der Waals surface area contributed by atoms with Crippen molar-refractivity contribution in [1.82, 2.24) is 0 Å². The van der Waals surface area contributed by atoms with Gasteiger partial charge in [0.1, 0.15) is 0 Å². The van der Waals surface area contributed by atoms with Gasteiger partial charge >= 0.3 is 0 Å². The number of carbonyl (C=O) groups excluding carboxylic acids is 1. The Morgan fingerprint density at radius 3 is 2.70 bits per heavy atom. The van der Waals surface area contributed by atoms with Gasteiger partial charge < -0.3 is 0 Å². The van der Waals surface area contributed by atoms with E-state index < -0.39 is 0 Å². The van der Waals surface area contributed by atoms with Crippen molar-refractivity contribution >= 4 is 27.2 Å². The smallest absolute Gasteiger partial charge is 0.211 e. The molecule has 0 saturated carbocycles. The van der Waals surface area contributed by atoms with Crippen LogP contribution >= 0.6 is 0 Å². The lowest BCUT2D eigenvalue weighted by molar-refractivity contribution is 0.565. The third-order valence-electron chi connectivity index (χ3n) is 1.07. The van der Waals surface area contributed by atoms with Crippen LogP contribution in [0.1, 0.15) is 0 Å². The molecule has 2 nitrogen and oxygen atoms in total. The predicted octanol–water partition coefficient (Wildman–Crippen LogP) is 0.448. The minimum atomic E-state index is 0.606. The normalized spacial score (nSPS) is 8.50. The minimum Gasteiger partial charge on any atom is -0.211 e. The fraction of sp³-hybridized carbons (Fsp3) is 0. The number of hydrogen-bond donors (Lipinski definition) is 0. The first kappa shape index (κ1) is 6.93. The van der Waals surface area contributed by atoms with Crippen molar-refractivity contribution < 1.29 is 4.79 Å². The van der Waals surface area contributed by atoms with Gasteiger partial charge in [0.2, 0.25) is 6.08 Å². The molecule has 0 bridgehead atoms. The lowest BCUT2D eigenvalue weighted by Gasteiger charge is -1.92. The Balaban J connectivity index is 3.14. The summed E-state index contributed by atoms with van der Waals surface area (Å²) in [4.78, 5) is 13.3. The van der Waals surface area contributed by atoms with Crippen LogP contribution in [-0.2, 0) is 4.79 Å². The summed E-state index contributed by atoms with van der Waals surface area (Å²) < 4.78 is 0. The Labute approximate surface area is 62.0 Å². The molecule has 0 saturated heterocycles. The molecule has 0 heterocycles. The molecule has 47 valence electrons. The topological polar surface area (TPSA) is 29.4 Å². The van der Waals surface area contributed by atoms with E-state index in [0.29, 0.717) is 5.69 Å². The molecular weight excluding hydrogens is 142 g/mol. The Bertz CT molecular complexity index is 279. The molecule has 10 heavy (non-hydrogen) atoms. The summed E-state index contributed by atoms with van der Waals surface area (Å²) in [7, 11) is 3.27. The number of hydrogen-bond acceptors (Lipinski definition) is 2. The molecule has 0 N–H and O–H groups in total. The molecule has 1 aromatic carbocycles. The van der Waals surface area contributed by atoms with E-state index in [0.717, 1.165) is 5.19 Å². The molecule has 3 heteroatoms. The number of rotatable bonds is 1. The second-order valence-electron chi connectivity index (χ2n) is 1.72. The van der Waals surface area contributed by atoms with Crippen LogP contribution in [0.4, 0.5) is 5.69 Å². The molecule has 0 unspecified atom stereocenters. The zero-order valence-electron chi connectivity index (χ0n) is 5.16. The Morgan fingerprint density at radius 1 is 1.40 bits per heavy atom. The van der Waals surface area contributed by atoms with Gasteiger partial charge in [-0.25, -0.2) is 4.79 Å². The fourth-order valence-corrected chi connectivity index (χ4v) is 0.856. The number of aliphatic imine (C=N–C) groups is 1. The maximum Gasteiger partial charge on any atom is 0.240 e. The monoisotopic (exact) mass is 146 g/mol. The molecule has 0 atom stereocenters. The van der Waals surface area contributed by atoms with E-state index in [1.807, 2.05) is 12.1 Å². The molecule has 0 aliphatic rings. The van der Waals surface area contributed by atoms with Gasteiger partial charge in [-0.2, -0.15) is 4.99 Å². The number of para-hydroxylation sites is 1. The van der Waals surface area contributed by atoms with E-state index in [1.165, 1.54) is 6.08 Å². The van der Waals surface area contributed by atoms with Gasteiger partial charge in [-0.1, -0.05) is 18.2 Å². The lowest BCUT2D eigenvalue weighted by atomic mass is 10.3.